The molecular weight excluding hydrogens is 248 g/mol. The zero-order valence-electron chi connectivity index (χ0n) is 10.8. The van der Waals surface area contributed by atoms with Crippen LogP contribution in [0.3, 0.4) is 0 Å². The number of hydrogen-bond donors (Lipinski definition) is 3. The number of rotatable bonds is 7. The first-order valence-electron chi connectivity index (χ1n) is 5.83. The van der Waals surface area contributed by atoms with Crippen molar-refractivity contribution in [1.82, 2.24) is 10.3 Å². The van der Waals surface area contributed by atoms with Gasteiger partial charge in [-0.1, -0.05) is 12.1 Å². The minimum absolute atomic E-state index is 0.0351. The molecule has 0 spiro atoms. The van der Waals surface area contributed by atoms with Crippen LogP contribution >= 0.6 is 11.8 Å². The first kappa shape index (κ1) is 14.8. The summed E-state index contributed by atoms with van der Waals surface area (Å²) >= 11 is 1.87. The maximum atomic E-state index is 8.59. The lowest BCUT2D eigenvalue weighted by molar-refractivity contribution is 0.318. The second kappa shape index (κ2) is 7.94. The standard InChI is InChI=1S/C12H20N4OS/c1-9(18-2)3-5-14-8-10-4-6-15-11(7-10)12(13)16-17/h4,6-7,9,14,17H,3,5,8H2,1-2H3,(H2,13,16). The number of oxime groups is 1. The van der Waals surface area contributed by atoms with Crippen molar-refractivity contribution in [2.75, 3.05) is 12.8 Å². The van der Waals surface area contributed by atoms with E-state index in [0.29, 0.717) is 10.9 Å². The van der Waals surface area contributed by atoms with Crippen LogP contribution < -0.4 is 11.1 Å². The predicted molar refractivity (Wildman–Crippen MR) is 76.0 cm³/mol. The molecule has 0 amide bonds. The van der Waals surface area contributed by atoms with E-state index >= 15 is 0 Å². The van der Waals surface area contributed by atoms with Crippen LogP contribution in [0.15, 0.2) is 23.5 Å². The normalized spacial score (nSPS) is 13.6. The van der Waals surface area contributed by atoms with Crippen molar-refractivity contribution < 1.29 is 5.21 Å². The molecule has 18 heavy (non-hydrogen) atoms. The highest BCUT2D eigenvalue weighted by Crippen LogP contribution is 2.08. The molecule has 0 radical (unpaired) electrons. The van der Waals surface area contributed by atoms with Crippen LogP contribution in [0, 0.1) is 0 Å². The average molecular weight is 268 g/mol. The summed E-state index contributed by atoms with van der Waals surface area (Å²) in [6, 6.07) is 3.74. The third kappa shape index (κ3) is 4.93. The molecule has 0 bridgehead atoms. The van der Waals surface area contributed by atoms with E-state index in [1.165, 1.54) is 0 Å². The first-order valence-corrected chi connectivity index (χ1v) is 7.12. The number of aromatic nitrogens is 1. The summed E-state index contributed by atoms with van der Waals surface area (Å²) in [6.45, 7) is 3.95. The van der Waals surface area contributed by atoms with Gasteiger partial charge in [-0.25, -0.2) is 0 Å². The molecule has 5 nitrogen and oxygen atoms in total. The van der Waals surface area contributed by atoms with Gasteiger partial charge in [0.15, 0.2) is 5.84 Å². The van der Waals surface area contributed by atoms with Crippen LogP contribution in [0.2, 0.25) is 0 Å². The van der Waals surface area contributed by atoms with Gasteiger partial charge in [-0.3, -0.25) is 4.98 Å². The van der Waals surface area contributed by atoms with E-state index in [1.807, 2.05) is 23.9 Å². The van der Waals surface area contributed by atoms with Gasteiger partial charge in [-0.2, -0.15) is 11.8 Å². The lowest BCUT2D eigenvalue weighted by atomic mass is 10.2. The Morgan fingerprint density at radius 3 is 3.11 bits per heavy atom. The molecule has 0 aliphatic carbocycles. The van der Waals surface area contributed by atoms with E-state index in [2.05, 4.69) is 28.6 Å². The average Bonchev–Trinajstić information content (AvgIpc) is 2.42. The summed E-state index contributed by atoms with van der Waals surface area (Å²) in [5.74, 6) is 0.0351. The third-order valence-electron chi connectivity index (χ3n) is 2.65. The van der Waals surface area contributed by atoms with Gasteiger partial charge in [0.1, 0.15) is 5.69 Å². The fourth-order valence-electron chi connectivity index (χ4n) is 1.43. The molecule has 1 heterocycles. The molecule has 4 N–H and O–H groups in total. The van der Waals surface area contributed by atoms with Crippen LogP contribution in [-0.2, 0) is 6.54 Å². The van der Waals surface area contributed by atoms with Gasteiger partial charge in [0.05, 0.1) is 0 Å². The fourth-order valence-corrected chi connectivity index (χ4v) is 1.79. The highest BCUT2D eigenvalue weighted by molar-refractivity contribution is 7.99. The van der Waals surface area contributed by atoms with Crippen molar-refractivity contribution in [1.29, 1.82) is 0 Å². The zero-order valence-corrected chi connectivity index (χ0v) is 11.6. The summed E-state index contributed by atoms with van der Waals surface area (Å²) in [7, 11) is 0. The number of pyridine rings is 1. The molecule has 0 aliphatic rings. The Balaban J connectivity index is 2.43. The lowest BCUT2D eigenvalue weighted by Crippen LogP contribution is -2.19. The summed E-state index contributed by atoms with van der Waals surface area (Å²) < 4.78 is 0. The maximum absolute atomic E-state index is 8.59. The minimum atomic E-state index is 0.0351. The number of thioether (sulfide) groups is 1. The molecule has 6 heteroatoms. The van der Waals surface area contributed by atoms with E-state index in [1.54, 1.807) is 6.20 Å². The van der Waals surface area contributed by atoms with E-state index in [4.69, 9.17) is 10.9 Å². The Bertz CT molecular complexity index is 397. The molecule has 1 atom stereocenters. The second-order valence-electron chi connectivity index (χ2n) is 4.05. The largest absolute Gasteiger partial charge is 0.409 e. The Labute approximate surface area is 112 Å². The summed E-state index contributed by atoms with van der Waals surface area (Å²) in [5, 5.41) is 15.6. The van der Waals surface area contributed by atoms with E-state index in [0.717, 1.165) is 25.1 Å². The van der Waals surface area contributed by atoms with Crippen LogP contribution in [0.4, 0.5) is 0 Å². The first-order chi connectivity index (χ1) is 8.67. The van der Waals surface area contributed by atoms with Gasteiger partial charge < -0.3 is 16.3 Å². The molecule has 1 rings (SSSR count). The zero-order chi connectivity index (χ0) is 13.4. The molecular formula is C12H20N4OS. The van der Waals surface area contributed by atoms with Crippen molar-refractivity contribution in [3.05, 3.63) is 29.6 Å². The lowest BCUT2D eigenvalue weighted by Gasteiger charge is -2.09. The number of nitrogens with two attached hydrogens (primary N) is 1. The van der Waals surface area contributed by atoms with Crippen molar-refractivity contribution in [3.63, 3.8) is 0 Å². The summed E-state index contributed by atoms with van der Waals surface area (Å²) in [5.41, 5.74) is 7.06. The molecule has 0 aromatic carbocycles. The Morgan fingerprint density at radius 1 is 1.67 bits per heavy atom. The second-order valence-corrected chi connectivity index (χ2v) is 5.32. The smallest absolute Gasteiger partial charge is 0.188 e. The number of hydrogen-bond acceptors (Lipinski definition) is 5. The molecule has 1 aromatic heterocycles. The Morgan fingerprint density at radius 2 is 2.44 bits per heavy atom. The molecule has 0 aliphatic heterocycles. The molecule has 0 fully saturated rings. The highest BCUT2D eigenvalue weighted by atomic mass is 32.2. The van der Waals surface area contributed by atoms with Gasteiger partial charge in [-0.15, -0.1) is 0 Å². The summed E-state index contributed by atoms with van der Waals surface area (Å²) in [4.78, 5) is 4.03. The Hall–Kier alpha value is -1.27. The SMILES string of the molecule is CSC(C)CCNCc1ccnc(/C(N)=N/O)c1. The van der Waals surface area contributed by atoms with Gasteiger partial charge in [-0.05, 0) is 36.9 Å². The van der Waals surface area contributed by atoms with E-state index < -0.39 is 0 Å². The highest BCUT2D eigenvalue weighted by Gasteiger charge is 2.02. The number of nitrogens with zero attached hydrogens (tertiary/aromatic N) is 2. The van der Waals surface area contributed by atoms with Crippen molar-refractivity contribution in [2.24, 2.45) is 10.9 Å². The van der Waals surface area contributed by atoms with Crippen molar-refractivity contribution in [3.8, 4) is 0 Å². The fraction of sp³-hybridized carbons (Fsp3) is 0.500. The number of nitrogens with one attached hydrogen (secondary N) is 1. The van der Waals surface area contributed by atoms with Gasteiger partial charge in [0.25, 0.3) is 0 Å². The van der Waals surface area contributed by atoms with Gasteiger partial charge in [0.2, 0.25) is 0 Å². The topological polar surface area (TPSA) is 83.5 Å². The van der Waals surface area contributed by atoms with Crippen LogP contribution in [0.5, 0.6) is 0 Å². The molecule has 100 valence electrons. The molecule has 0 saturated carbocycles. The molecule has 1 unspecified atom stereocenters. The Kier molecular flexibility index (Phi) is 6.53. The summed E-state index contributed by atoms with van der Waals surface area (Å²) in [6.07, 6.45) is 4.92. The van der Waals surface area contributed by atoms with Crippen molar-refractivity contribution in [2.45, 2.75) is 25.1 Å². The minimum Gasteiger partial charge on any atom is -0.409 e. The van der Waals surface area contributed by atoms with Crippen molar-refractivity contribution >= 4 is 17.6 Å². The molecule has 0 saturated heterocycles. The van der Waals surface area contributed by atoms with Gasteiger partial charge >= 0.3 is 0 Å². The van der Waals surface area contributed by atoms with Crippen LogP contribution in [-0.4, -0.2) is 34.1 Å². The monoisotopic (exact) mass is 268 g/mol. The number of amidine groups is 1. The third-order valence-corrected chi connectivity index (χ3v) is 3.69. The van der Waals surface area contributed by atoms with Crippen LogP contribution in [0.25, 0.3) is 0 Å². The van der Waals surface area contributed by atoms with E-state index in [-0.39, 0.29) is 5.84 Å². The van der Waals surface area contributed by atoms with Crippen LogP contribution in [0.1, 0.15) is 24.6 Å². The maximum Gasteiger partial charge on any atom is 0.188 e. The van der Waals surface area contributed by atoms with Gasteiger partial charge in [0, 0.05) is 18.0 Å². The molecule has 1 aromatic rings. The predicted octanol–water partition coefficient (Wildman–Crippen LogP) is 1.41. The quantitative estimate of drug-likeness (QED) is 0.229. The van der Waals surface area contributed by atoms with E-state index in [9.17, 15) is 0 Å².